The number of nitrogens with zero attached hydrogens (tertiary/aromatic N) is 2. The van der Waals surface area contributed by atoms with Crippen LogP contribution in [-0.4, -0.2) is 34.9 Å². The molecule has 0 spiro atoms. The van der Waals surface area contributed by atoms with Crippen LogP contribution in [0, 0.1) is 6.92 Å². The first-order chi connectivity index (χ1) is 10.5. The van der Waals surface area contributed by atoms with Gasteiger partial charge in [-0.15, -0.1) is 0 Å². The Morgan fingerprint density at radius 3 is 2.32 bits per heavy atom. The quantitative estimate of drug-likeness (QED) is 0.678. The van der Waals surface area contributed by atoms with Crippen LogP contribution in [0.1, 0.15) is 21.6 Å². The summed E-state index contributed by atoms with van der Waals surface area (Å²) in [7, 11) is 4.67. The highest BCUT2D eigenvalue weighted by molar-refractivity contribution is 6.07. The molecule has 2 aromatic rings. The van der Waals surface area contributed by atoms with Crippen molar-refractivity contribution in [2.45, 2.75) is 6.92 Å². The molecular weight excluding hydrogens is 284 g/mol. The van der Waals surface area contributed by atoms with E-state index in [2.05, 4.69) is 5.10 Å². The Kier molecular flexibility index (Phi) is 4.50. The first kappa shape index (κ1) is 15.6. The van der Waals surface area contributed by atoms with Gasteiger partial charge in [0.05, 0.1) is 25.5 Å². The molecule has 1 N–H and O–H groups in total. The summed E-state index contributed by atoms with van der Waals surface area (Å²) in [4.78, 5) is 12.2. The number of aromatic nitrogens is 2. The fraction of sp³-hybridized carbons (Fsp3) is 0.250. The number of ether oxygens (including phenoxy) is 2. The number of benzene rings is 1. The number of hydrogen-bond donors (Lipinski definition) is 1. The fourth-order valence-corrected chi connectivity index (χ4v) is 2.11. The van der Waals surface area contributed by atoms with Crippen molar-refractivity contribution >= 4 is 11.9 Å². The molecule has 0 fully saturated rings. The van der Waals surface area contributed by atoms with Gasteiger partial charge in [-0.2, -0.15) is 5.10 Å². The Balaban J connectivity index is 2.30. The van der Waals surface area contributed by atoms with Crippen LogP contribution in [0.25, 0.3) is 6.08 Å². The molecule has 0 aliphatic rings. The van der Waals surface area contributed by atoms with Crippen molar-refractivity contribution < 1.29 is 19.4 Å². The van der Waals surface area contributed by atoms with Gasteiger partial charge in [-0.3, -0.25) is 9.48 Å². The van der Waals surface area contributed by atoms with E-state index in [-0.39, 0.29) is 23.0 Å². The number of hydrogen-bond acceptors (Lipinski definition) is 5. The van der Waals surface area contributed by atoms with Crippen LogP contribution in [0.15, 0.2) is 24.4 Å². The molecule has 0 radical (unpaired) electrons. The highest BCUT2D eigenvalue weighted by Crippen LogP contribution is 2.37. The summed E-state index contributed by atoms with van der Waals surface area (Å²) < 4.78 is 11.8. The Morgan fingerprint density at radius 1 is 1.27 bits per heavy atom. The molecular formula is C16H18N2O4. The van der Waals surface area contributed by atoms with Gasteiger partial charge in [-0.1, -0.05) is 6.08 Å². The predicted octanol–water partition coefficient (Wildman–Crippen LogP) is 2.35. The number of carbonyl (C=O) groups is 1. The van der Waals surface area contributed by atoms with E-state index in [1.54, 1.807) is 43.1 Å². The predicted molar refractivity (Wildman–Crippen MR) is 82.5 cm³/mol. The maximum absolute atomic E-state index is 12.2. The minimum Gasteiger partial charge on any atom is -0.502 e. The van der Waals surface area contributed by atoms with Gasteiger partial charge in [0.25, 0.3) is 0 Å². The normalized spacial score (nSPS) is 10.9. The first-order valence-electron chi connectivity index (χ1n) is 6.64. The van der Waals surface area contributed by atoms with Crippen LogP contribution in [0.3, 0.4) is 0 Å². The van der Waals surface area contributed by atoms with Crippen molar-refractivity contribution in [1.82, 2.24) is 9.78 Å². The lowest BCUT2D eigenvalue weighted by Crippen LogP contribution is -1.95. The minimum absolute atomic E-state index is 0.0726. The Labute approximate surface area is 128 Å². The third-order valence-corrected chi connectivity index (χ3v) is 3.21. The topological polar surface area (TPSA) is 73.6 Å². The van der Waals surface area contributed by atoms with Crippen molar-refractivity contribution in [3.8, 4) is 17.2 Å². The minimum atomic E-state index is -0.142. The van der Waals surface area contributed by atoms with Gasteiger partial charge in [-0.25, -0.2) is 0 Å². The smallest absolute Gasteiger partial charge is 0.200 e. The molecule has 0 saturated heterocycles. The molecule has 1 heterocycles. The average Bonchev–Trinajstić information content (AvgIpc) is 2.84. The van der Waals surface area contributed by atoms with Crippen molar-refractivity contribution in [2.75, 3.05) is 14.2 Å². The average molecular weight is 302 g/mol. The summed E-state index contributed by atoms with van der Waals surface area (Å²) in [5, 5.41) is 14.0. The van der Waals surface area contributed by atoms with E-state index < -0.39 is 0 Å². The van der Waals surface area contributed by atoms with Crippen molar-refractivity contribution in [1.29, 1.82) is 0 Å². The van der Waals surface area contributed by atoms with Crippen molar-refractivity contribution in [3.63, 3.8) is 0 Å². The lowest BCUT2D eigenvalue weighted by Gasteiger charge is -2.09. The van der Waals surface area contributed by atoms with Gasteiger partial charge in [0.1, 0.15) is 0 Å². The zero-order valence-corrected chi connectivity index (χ0v) is 13.0. The molecule has 2 rings (SSSR count). The van der Waals surface area contributed by atoms with E-state index in [4.69, 9.17) is 9.47 Å². The number of aromatic hydroxyl groups is 1. The Morgan fingerprint density at radius 2 is 1.86 bits per heavy atom. The zero-order valence-electron chi connectivity index (χ0n) is 13.0. The van der Waals surface area contributed by atoms with Gasteiger partial charge in [-0.05, 0) is 30.7 Å². The van der Waals surface area contributed by atoms with Crippen LogP contribution < -0.4 is 9.47 Å². The molecule has 6 heteroatoms. The third kappa shape index (κ3) is 3.11. The molecule has 22 heavy (non-hydrogen) atoms. The first-order valence-corrected chi connectivity index (χ1v) is 6.64. The van der Waals surface area contributed by atoms with Gasteiger partial charge < -0.3 is 14.6 Å². The summed E-state index contributed by atoms with van der Waals surface area (Å²) in [6.45, 7) is 1.79. The number of rotatable bonds is 5. The summed E-state index contributed by atoms with van der Waals surface area (Å²) >= 11 is 0. The molecule has 0 unspecified atom stereocenters. The highest BCUT2D eigenvalue weighted by Gasteiger charge is 2.12. The molecule has 0 atom stereocenters. The summed E-state index contributed by atoms with van der Waals surface area (Å²) in [6.07, 6.45) is 4.77. The number of phenolic OH excluding ortho intramolecular Hbond substituents is 1. The second-order valence-corrected chi connectivity index (χ2v) is 4.77. The third-order valence-electron chi connectivity index (χ3n) is 3.21. The number of methoxy groups -OCH3 is 2. The summed E-state index contributed by atoms with van der Waals surface area (Å²) in [6, 6.07) is 3.25. The lowest BCUT2D eigenvalue weighted by atomic mass is 10.1. The maximum atomic E-state index is 12.2. The van der Waals surface area contributed by atoms with Crippen molar-refractivity contribution in [3.05, 3.63) is 41.2 Å². The van der Waals surface area contributed by atoms with Crippen LogP contribution >= 0.6 is 0 Å². The molecule has 0 saturated carbocycles. The fourth-order valence-electron chi connectivity index (χ4n) is 2.11. The van der Waals surface area contributed by atoms with Gasteiger partial charge in [0.2, 0.25) is 5.75 Å². The molecule has 6 nitrogen and oxygen atoms in total. The molecule has 0 aliphatic heterocycles. The highest BCUT2D eigenvalue weighted by atomic mass is 16.5. The summed E-state index contributed by atoms with van der Waals surface area (Å²) in [5.74, 6) is 0.348. The second-order valence-electron chi connectivity index (χ2n) is 4.77. The second kappa shape index (κ2) is 6.34. The van der Waals surface area contributed by atoms with Crippen LogP contribution in [0.2, 0.25) is 0 Å². The van der Waals surface area contributed by atoms with E-state index in [1.165, 1.54) is 20.3 Å². The van der Waals surface area contributed by atoms with Crippen LogP contribution in [0.5, 0.6) is 17.2 Å². The largest absolute Gasteiger partial charge is 0.502 e. The number of ketones is 1. The van der Waals surface area contributed by atoms with Gasteiger partial charge >= 0.3 is 0 Å². The van der Waals surface area contributed by atoms with Crippen molar-refractivity contribution in [2.24, 2.45) is 7.05 Å². The van der Waals surface area contributed by atoms with E-state index in [1.807, 2.05) is 0 Å². The van der Waals surface area contributed by atoms with E-state index >= 15 is 0 Å². The molecule has 0 aliphatic carbocycles. The molecule has 0 bridgehead atoms. The standard InChI is InChI=1S/C16H18N2O4/c1-10-12(9-18(2)17-10)13(19)6-5-11-7-14(21-3)16(20)15(8-11)22-4/h5-9,20H,1-4H3. The number of aryl methyl sites for hydroxylation is 2. The number of allylic oxidation sites excluding steroid dienone is 1. The van der Waals surface area contributed by atoms with Gasteiger partial charge in [0, 0.05) is 13.2 Å². The Hall–Kier alpha value is -2.76. The number of phenols is 1. The summed E-state index contributed by atoms with van der Waals surface area (Å²) in [5.41, 5.74) is 1.91. The molecule has 1 aromatic carbocycles. The maximum Gasteiger partial charge on any atom is 0.200 e. The molecule has 1 aromatic heterocycles. The monoisotopic (exact) mass is 302 g/mol. The molecule has 116 valence electrons. The van der Waals surface area contributed by atoms with Crippen LogP contribution in [0.4, 0.5) is 0 Å². The molecule has 0 amide bonds. The van der Waals surface area contributed by atoms with E-state index in [0.29, 0.717) is 16.8 Å². The van der Waals surface area contributed by atoms with E-state index in [9.17, 15) is 9.90 Å². The number of carbonyl (C=O) groups excluding carboxylic acids is 1. The lowest BCUT2D eigenvalue weighted by molar-refractivity contribution is 0.104. The van der Waals surface area contributed by atoms with E-state index in [0.717, 1.165) is 0 Å². The van der Waals surface area contributed by atoms with Crippen LogP contribution in [-0.2, 0) is 7.05 Å². The van der Waals surface area contributed by atoms with Gasteiger partial charge in [0.15, 0.2) is 17.3 Å². The Bertz CT molecular complexity index is 707. The zero-order chi connectivity index (χ0) is 16.3. The SMILES string of the molecule is COc1cc(C=CC(=O)c2cn(C)nc2C)cc(OC)c1O.